The van der Waals surface area contributed by atoms with Gasteiger partial charge in [-0.1, -0.05) is 13.0 Å². The summed E-state index contributed by atoms with van der Waals surface area (Å²) in [5.41, 5.74) is 1.09. The lowest BCUT2D eigenvalue weighted by Crippen LogP contribution is -2.47. The van der Waals surface area contributed by atoms with Crippen LogP contribution in [0, 0.1) is 5.92 Å². The number of carbonyl (C=O) groups is 1. The molecule has 2 heterocycles. The molecule has 3 aliphatic rings. The Kier molecular flexibility index (Phi) is 8.81. The highest BCUT2D eigenvalue weighted by Crippen LogP contribution is 2.25. The molecule has 28 heavy (non-hydrogen) atoms. The summed E-state index contributed by atoms with van der Waals surface area (Å²) < 4.78 is 5.22. The van der Waals surface area contributed by atoms with Gasteiger partial charge in [0, 0.05) is 38.4 Å². The molecule has 5 heteroatoms. The first kappa shape index (κ1) is 21.8. The zero-order valence-corrected chi connectivity index (χ0v) is 18.2. The van der Waals surface area contributed by atoms with E-state index in [1.165, 1.54) is 45.1 Å². The minimum Gasteiger partial charge on any atom is -0.383 e. The van der Waals surface area contributed by atoms with Crippen LogP contribution in [0.25, 0.3) is 0 Å². The standard InChI is InChI=1S/C23H41N3O2/c1-3-25-13-7-10-22(25)19-26(23(27)21-8-5-4-6-9-21)18-20-11-14-24(15-12-20)16-17-28-2/h8,20,22H,3-7,9-19H2,1-2H3. The minimum absolute atomic E-state index is 0.337. The molecule has 0 saturated carbocycles. The van der Waals surface area contributed by atoms with Gasteiger partial charge in [0.25, 0.3) is 0 Å². The maximum Gasteiger partial charge on any atom is 0.249 e. The number of methoxy groups -OCH3 is 1. The molecule has 0 radical (unpaired) electrons. The molecule has 5 nitrogen and oxygen atoms in total. The molecule has 1 aliphatic carbocycles. The van der Waals surface area contributed by atoms with Gasteiger partial charge in [0.05, 0.1) is 6.61 Å². The van der Waals surface area contributed by atoms with Gasteiger partial charge in [0.2, 0.25) is 5.91 Å². The second-order valence-corrected chi connectivity index (χ2v) is 8.89. The summed E-state index contributed by atoms with van der Waals surface area (Å²) in [4.78, 5) is 20.7. The highest BCUT2D eigenvalue weighted by atomic mass is 16.5. The van der Waals surface area contributed by atoms with Crippen LogP contribution in [-0.2, 0) is 9.53 Å². The van der Waals surface area contributed by atoms with Crippen molar-refractivity contribution in [2.75, 3.05) is 59.5 Å². The fraction of sp³-hybridized carbons (Fsp3) is 0.870. The van der Waals surface area contributed by atoms with E-state index in [0.717, 1.165) is 64.3 Å². The fourth-order valence-corrected chi connectivity index (χ4v) is 5.17. The normalized spacial score (nSPS) is 25.1. The van der Waals surface area contributed by atoms with Crippen molar-refractivity contribution < 1.29 is 9.53 Å². The summed E-state index contributed by atoms with van der Waals surface area (Å²) in [6, 6.07) is 0.555. The molecule has 0 spiro atoms. The van der Waals surface area contributed by atoms with Crippen molar-refractivity contribution in [1.82, 2.24) is 14.7 Å². The first-order valence-electron chi connectivity index (χ1n) is 11.6. The van der Waals surface area contributed by atoms with Crippen LogP contribution in [0.15, 0.2) is 11.6 Å². The van der Waals surface area contributed by atoms with Crippen molar-refractivity contribution in [3.8, 4) is 0 Å². The van der Waals surface area contributed by atoms with E-state index in [1.807, 2.05) is 0 Å². The second kappa shape index (κ2) is 11.3. The second-order valence-electron chi connectivity index (χ2n) is 8.89. The van der Waals surface area contributed by atoms with Crippen LogP contribution in [0.5, 0.6) is 0 Å². The zero-order chi connectivity index (χ0) is 19.8. The Hall–Kier alpha value is -0.910. The molecule has 2 saturated heterocycles. The SMILES string of the molecule is CCN1CCCC1CN(CC1CCN(CCOC)CC1)C(=O)C1=CCCCC1. The van der Waals surface area contributed by atoms with Gasteiger partial charge < -0.3 is 14.5 Å². The highest BCUT2D eigenvalue weighted by molar-refractivity contribution is 5.93. The Bertz CT molecular complexity index is 514. The topological polar surface area (TPSA) is 36.0 Å². The third-order valence-corrected chi connectivity index (χ3v) is 6.99. The first-order chi connectivity index (χ1) is 13.7. The van der Waals surface area contributed by atoms with Crippen LogP contribution in [0.1, 0.15) is 58.3 Å². The fourth-order valence-electron chi connectivity index (χ4n) is 5.17. The molecule has 3 rings (SSSR count). The van der Waals surface area contributed by atoms with Crippen LogP contribution < -0.4 is 0 Å². The van der Waals surface area contributed by atoms with Crippen LogP contribution in [0.2, 0.25) is 0 Å². The minimum atomic E-state index is 0.337. The molecule has 1 atom stereocenters. The van der Waals surface area contributed by atoms with Crippen molar-refractivity contribution >= 4 is 5.91 Å². The average Bonchev–Trinajstić information content (AvgIpc) is 3.20. The summed E-state index contributed by atoms with van der Waals surface area (Å²) in [7, 11) is 1.78. The summed E-state index contributed by atoms with van der Waals surface area (Å²) in [5.74, 6) is 0.980. The van der Waals surface area contributed by atoms with E-state index in [4.69, 9.17) is 4.74 Å². The Labute approximate surface area is 172 Å². The molecule has 0 aromatic rings. The molecule has 0 aromatic heterocycles. The van der Waals surface area contributed by atoms with E-state index in [9.17, 15) is 4.79 Å². The average molecular weight is 392 g/mol. The monoisotopic (exact) mass is 391 g/mol. The van der Waals surface area contributed by atoms with E-state index < -0.39 is 0 Å². The number of carbonyl (C=O) groups excluding carboxylic acids is 1. The number of ether oxygens (including phenoxy) is 1. The lowest BCUT2D eigenvalue weighted by molar-refractivity contribution is -0.129. The Morgan fingerprint density at radius 1 is 1.14 bits per heavy atom. The summed E-state index contributed by atoms with van der Waals surface area (Å²) >= 11 is 0. The molecule has 160 valence electrons. The van der Waals surface area contributed by atoms with Crippen molar-refractivity contribution in [1.29, 1.82) is 0 Å². The molecule has 0 bridgehead atoms. The van der Waals surface area contributed by atoms with E-state index in [-0.39, 0.29) is 0 Å². The highest BCUT2D eigenvalue weighted by Gasteiger charge is 2.30. The number of likely N-dealkylation sites (N-methyl/N-ethyl adjacent to an activating group) is 1. The number of rotatable bonds is 9. The van der Waals surface area contributed by atoms with Crippen molar-refractivity contribution in [3.05, 3.63) is 11.6 Å². The van der Waals surface area contributed by atoms with Crippen LogP contribution in [-0.4, -0.2) is 86.2 Å². The lowest BCUT2D eigenvalue weighted by atomic mass is 9.94. The smallest absolute Gasteiger partial charge is 0.249 e. The van der Waals surface area contributed by atoms with Crippen molar-refractivity contribution in [2.45, 2.75) is 64.3 Å². The molecule has 1 unspecified atom stereocenters. The van der Waals surface area contributed by atoms with Gasteiger partial charge in [-0.15, -0.1) is 0 Å². The van der Waals surface area contributed by atoms with E-state index >= 15 is 0 Å². The Morgan fingerprint density at radius 2 is 1.96 bits per heavy atom. The predicted molar refractivity (Wildman–Crippen MR) is 114 cm³/mol. The Balaban J connectivity index is 1.59. The molecule has 2 aliphatic heterocycles. The first-order valence-corrected chi connectivity index (χ1v) is 11.6. The lowest BCUT2D eigenvalue weighted by Gasteiger charge is -2.37. The van der Waals surface area contributed by atoms with Crippen LogP contribution in [0.4, 0.5) is 0 Å². The predicted octanol–water partition coefficient (Wildman–Crippen LogP) is 3.16. The third kappa shape index (κ3) is 6.04. The van der Waals surface area contributed by atoms with Crippen molar-refractivity contribution in [3.63, 3.8) is 0 Å². The molecule has 0 N–H and O–H groups in total. The molecule has 1 amide bonds. The van der Waals surface area contributed by atoms with Crippen LogP contribution >= 0.6 is 0 Å². The number of hydrogen-bond donors (Lipinski definition) is 0. The van der Waals surface area contributed by atoms with E-state index in [1.54, 1.807) is 7.11 Å². The Morgan fingerprint density at radius 3 is 2.64 bits per heavy atom. The van der Waals surface area contributed by atoms with E-state index in [0.29, 0.717) is 17.9 Å². The van der Waals surface area contributed by atoms with Gasteiger partial charge in [0.15, 0.2) is 0 Å². The molecular formula is C23H41N3O2. The summed E-state index contributed by atoms with van der Waals surface area (Å²) in [6.07, 6.45) is 11.6. The number of nitrogens with zero attached hydrogens (tertiary/aromatic N) is 3. The van der Waals surface area contributed by atoms with Gasteiger partial charge in [-0.05, 0) is 83.5 Å². The number of likely N-dealkylation sites (tertiary alicyclic amines) is 2. The number of hydrogen-bond acceptors (Lipinski definition) is 4. The third-order valence-electron chi connectivity index (χ3n) is 6.99. The summed E-state index contributed by atoms with van der Waals surface area (Å²) in [5, 5.41) is 0. The maximum absolute atomic E-state index is 13.4. The van der Waals surface area contributed by atoms with Gasteiger partial charge in [-0.2, -0.15) is 0 Å². The molecule has 2 fully saturated rings. The largest absolute Gasteiger partial charge is 0.383 e. The van der Waals surface area contributed by atoms with Gasteiger partial charge in [0.1, 0.15) is 0 Å². The molecule has 0 aromatic carbocycles. The van der Waals surface area contributed by atoms with Crippen LogP contribution in [0.3, 0.4) is 0 Å². The zero-order valence-electron chi connectivity index (χ0n) is 18.2. The van der Waals surface area contributed by atoms with Gasteiger partial charge in [-0.25, -0.2) is 0 Å². The van der Waals surface area contributed by atoms with E-state index in [2.05, 4.69) is 27.7 Å². The van der Waals surface area contributed by atoms with Crippen molar-refractivity contribution in [2.24, 2.45) is 5.92 Å². The number of piperidine rings is 1. The number of allylic oxidation sites excluding steroid dienone is 1. The number of amides is 1. The molecular weight excluding hydrogens is 350 g/mol. The maximum atomic E-state index is 13.4. The quantitative estimate of drug-likeness (QED) is 0.605. The van der Waals surface area contributed by atoms with Gasteiger partial charge >= 0.3 is 0 Å². The van der Waals surface area contributed by atoms with Gasteiger partial charge in [-0.3, -0.25) is 9.69 Å². The summed E-state index contributed by atoms with van der Waals surface area (Å²) in [6.45, 7) is 10.6.